The number of carbonyl (C=O) groups excluding carboxylic acids is 1. The van der Waals surface area contributed by atoms with E-state index in [0.717, 1.165) is 86.6 Å². The lowest BCUT2D eigenvalue weighted by Crippen LogP contribution is -2.16. The highest BCUT2D eigenvalue weighted by Crippen LogP contribution is 2.41. The number of nitrogens with zero attached hydrogens (tertiary/aromatic N) is 3. The summed E-state index contributed by atoms with van der Waals surface area (Å²) in [5.41, 5.74) is 8.49. The maximum Gasteiger partial charge on any atom is 0.166 e. The zero-order valence-corrected chi connectivity index (χ0v) is 24.6. The molecule has 1 N–H and O–H groups in total. The number of hydrogen-bond acceptors (Lipinski definition) is 4. The molecular weight excluding hydrogens is 519 g/mol. The maximum atomic E-state index is 12.6. The lowest BCUT2D eigenvalue weighted by molar-refractivity contribution is 0.111. The molecule has 0 saturated carbocycles. The number of hydrogen-bond donors (Lipinski definition) is 1. The van der Waals surface area contributed by atoms with Crippen LogP contribution in [-0.4, -0.2) is 53.2 Å². The molecule has 0 aliphatic carbocycles. The molecule has 0 atom stereocenters. The molecular formula is C30H36Cl2N4O2. The Morgan fingerprint density at radius 1 is 1.05 bits per heavy atom. The van der Waals surface area contributed by atoms with Crippen LogP contribution in [-0.2, 0) is 13.0 Å². The van der Waals surface area contributed by atoms with Gasteiger partial charge < -0.3 is 14.2 Å². The van der Waals surface area contributed by atoms with E-state index in [2.05, 4.69) is 33.8 Å². The van der Waals surface area contributed by atoms with E-state index in [9.17, 15) is 4.79 Å². The number of aldehydes is 1. The Kier molecular flexibility index (Phi) is 8.86. The predicted octanol–water partition coefficient (Wildman–Crippen LogP) is 7.35. The summed E-state index contributed by atoms with van der Waals surface area (Å²) in [5.74, 6) is 0.811. The number of carbonyl (C=O) groups is 1. The Labute approximate surface area is 234 Å². The summed E-state index contributed by atoms with van der Waals surface area (Å²) in [7, 11) is 4.12. The highest BCUT2D eigenvalue weighted by Gasteiger charge is 2.24. The second-order valence-electron chi connectivity index (χ2n) is 10.2. The van der Waals surface area contributed by atoms with Gasteiger partial charge in [0.1, 0.15) is 5.75 Å². The van der Waals surface area contributed by atoms with E-state index in [0.29, 0.717) is 30.3 Å². The van der Waals surface area contributed by atoms with Crippen molar-refractivity contribution in [3.05, 3.63) is 68.1 Å². The lowest BCUT2D eigenvalue weighted by Gasteiger charge is -2.15. The van der Waals surface area contributed by atoms with Crippen molar-refractivity contribution >= 4 is 40.4 Å². The topological polar surface area (TPSA) is 63.1 Å². The zero-order valence-electron chi connectivity index (χ0n) is 23.0. The Morgan fingerprint density at radius 2 is 1.76 bits per heavy atom. The van der Waals surface area contributed by atoms with Gasteiger partial charge in [-0.3, -0.25) is 9.89 Å². The van der Waals surface area contributed by atoms with E-state index in [-0.39, 0.29) is 0 Å². The number of H-pyrrole nitrogens is 1. The molecule has 0 unspecified atom stereocenters. The largest absolute Gasteiger partial charge is 0.494 e. The number of ether oxygens (including phenoxy) is 1. The van der Waals surface area contributed by atoms with Crippen LogP contribution in [0.2, 0.25) is 10.0 Å². The molecule has 0 aliphatic heterocycles. The third-order valence-electron chi connectivity index (χ3n) is 7.05. The molecule has 2 aromatic carbocycles. The Morgan fingerprint density at radius 3 is 2.37 bits per heavy atom. The lowest BCUT2D eigenvalue weighted by atomic mass is 9.98. The van der Waals surface area contributed by atoms with Gasteiger partial charge in [-0.1, -0.05) is 29.3 Å². The number of aromatic nitrogens is 3. The first-order chi connectivity index (χ1) is 18.1. The molecule has 0 radical (unpaired) electrons. The first-order valence-corrected chi connectivity index (χ1v) is 13.7. The maximum absolute atomic E-state index is 12.6. The Balaban J connectivity index is 1.73. The van der Waals surface area contributed by atoms with Gasteiger partial charge in [0.25, 0.3) is 0 Å². The predicted molar refractivity (Wildman–Crippen MR) is 157 cm³/mol. The van der Waals surface area contributed by atoms with Crippen LogP contribution >= 0.6 is 23.2 Å². The van der Waals surface area contributed by atoms with E-state index in [1.807, 2.05) is 52.0 Å². The summed E-state index contributed by atoms with van der Waals surface area (Å²) in [4.78, 5) is 14.7. The van der Waals surface area contributed by atoms with Gasteiger partial charge >= 0.3 is 0 Å². The van der Waals surface area contributed by atoms with Crippen LogP contribution in [0.25, 0.3) is 22.0 Å². The monoisotopic (exact) mass is 554 g/mol. The molecule has 202 valence electrons. The number of nitrogens with one attached hydrogen (secondary N) is 1. The minimum absolute atomic E-state index is 0.534. The molecule has 0 bridgehead atoms. The van der Waals surface area contributed by atoms with Crippen molar-refractivity contribution < 1.29 is 9.53 Å². The third-order valence-corrected chi connectivity index (χ3v) is 7.96. The molecule has 8 heteroatoms. The number of fused-ring (bicyclic) bond motifs is 1. The fraction of sp³-hybridized carbons (Fsp3) is 0.400. The van der Waals surface area contributed by atoms with E-state index < -0.39 is 0 Å². The summed E-state index contributed by atoms with van der Waals surface area (Å²) >= 11 is 13.2. The number of halogens is 2. The van der Waals surface area contributed by atoms with E-state index in [4.69, 9.17) is 27.9 Å². The molecule has 6 nitrogen and oxygen atoms in total. The second-order valence-corrected chi connectivity index (χ2v) is 11.0. The van der Waals surface area contributed by atoms with Gasteiger partial charge in [-0.15, -0.1) is 0 Å². The first kappa shape index (κ1) is 28.2. The zero-order chi connectivity index (χ0) is 27.6. The SMILES string of the molecule is Cc1cc(OCCCc2c(C=O)n(CCCN(C)C)c3c(-c4c(C)n[nH]c4C)c(Cl)ccc23)cc(C)c1Cl. The van der Waals surface area contributed by atoms with Crippen molar-refractivity contribution in [3.63, 3.8) is 0 Å². The van der Waals surface area contributed by atoms with Crippen molar-refractivity contribution in [3.8, 4) is 16.9 Å². The standard InChI is InChI=1S/C30H36Cl2N4O2/c1-18-15-22(16-19(2)29(18)32)38-14-7-9-23-24-10-11-25(31)28(27-20(3)33-34-21(27)4)30(24)36(26(23)17-37)13-8-12-35(5)6/h10-11,15-17H,7-9,12-14H2,1-6H3,(H,33,34). The molecule has 2 heterocycles. The average Bonchev–Trinajstić information content (AvgIpc) is 3.35. The summed E-state index contributed by atoms with van der Waals surface area (Å²) in [5, 5.41) is 9.98. The van der Waals surface area contributed by atoms with Gasteiger partial charge in [-0.25, -0.2) is 0 Å². The summed E-state index contributed by atoms with van der Waals surface area (Å²) in [6.45, 7) is 10.1. The molecule has 0 amide bonds. The number of aromatic amines is 1. The molecule has 0 saturated heterocycles. The van der Waals surface area contributed by atoms with Crippen LogP contribution in [0.15, 0.2) is 24.3 Å². The van der Waals surface area contributed by atoms with Crippen molar-refractivity contribution in [2.24, 2.45) is 0 Å². The molecule has 4 rings (SSSR count). The quantitative estimate of drug-likeness (QED) is 0.155. The van der Waals surface area contributed by atoms with E-state index in [1.54, 1.807) is 0 Å². The fourth-order valence-corrected chi connectivity index (χ4v) is 5.63. The summed E-state index contributed by atoms with van der Waals surface area (Å²) < 4.78 is 8.22. The van der Waals surface area contributed by atoms with Gasteiger partial charge in [0.05, 0.1) is 28.5 Å². The minimum atomic E-state index is 0.534. The molecule has 2 aromatic heterocycles. The highest BCUT2D eigenvalue weighted by atomic mass is 35.5. The Bertz CT molecular complexity index is 1430. The number of rotatable bonds is 11. The van der Waals surface area contributed by atoms with E-state index in [1.165, 1.54) is 0 Å². The minimum Gasteiger partial charge on any atom is -0.494 e. The van der Waals surface area contributed by atoms with Crippen molar-refractivity contribution in [2.45, 2.75) is 53.5 Å². The third kappa shape index (κ3) is 5.63. The van der Waals surface area contributed by atoms with Crippen LogP contribution in [0.3, 0.4) is 0 Å². The molecule has 0 aliphatic rings. The molecule has 38 heavy (non-hydrogen) atoms. The highest BCUT2D eigenvalue weighted by molar-refractivity contribution is 6.35. The van der Waals surface area contributed by atoms with Crippen molar-refractivity contribution in [1.82, 2.24) is 19.7 Å². The number of aryl methyl sites for hydroxylation is 6. The Hall–Kier alpha value is -2.80. The van der Waals surface area contributed by atoms with E-state index >= 15 is 0 Å². The van der Waals surface area contributed by atoms with Crippen molar-refractivity contribution in [1.29, 1.82) is 0 Å². The average molecular weight is 556 g/mol. The normalized spacial score (nSPS) is 11.6. The van der Waals surface area contributed by atoms with Gasteiger partial charge in [0.15, 0.2) is 6.29 Å². The van der Waals surface area contributed by atoms with Gasteiger partial charge in [0, 0.05) is 33.8 Å². The smallest absolute Gasteiger partial charge is 0.166 e. The van der Waals surface area contributed by atoms with Crippen LogP contribution < -0.4 is 4.74 Å². The van der Waals surface area contributed by atoms with Crippen LogP contribution in [0.1, 0.15) is 51.4 Å². The molecule has 4 aromatic rings. The first-order valence-electron chi connectivity index (χ1n) is 13.0. The van der Waals surface area contributed by atoms with Gasteiger partial charge in [-0.2, -0.15) is 5.10 Å². The molecule has 0 fully saturated rings. The summed E-state index contributed by atoms with van der Waals surface area (Å²) in [6, 6.07) is 7.91. The summed E-state index contributed by atoms with van der Waals surface area (Å²) in [6.07, 6.45) is 3.37. The van der Waals surface area contributed by atoms with Crippen LogP contribution in [0.4, 0.5) is 0 Å². The molecule has 0 spiro atoms. The van der Waals surface area contributed by atoms with Crippen LogP contribution in [0.5, 0.6) is 5.75 Å². The number of benzene rings is 2. The van der Waals surface area contributed by atoms with Crippen LogP contribution in [0, 0.1) is 27.7 Å². The van der Waals surface area contributed by atoms with Gasteiger partial charge in [0.2, 0.25) is 0 Å². The second kappa shape index (κ2) is 11.9. The fourth-order valence-electron chi connectivity index (χ4n) is 5.27. The van der Waals surface area contributed by atoms with Crippen molar-refractivity contribution in [2.75, 3.05) is 27.2 Å². The van der Waals surface area contributed by atoms with Gasteiger partial charge in [-0.05, 0) is 102 Å².